The molecule has 0 atom stereocenters. The molecule has 2 aromatic heterocycles. The number of aromatic nitrogens is 2. The van der Waals surface area contributed by atoms with E-state index in [-0.39, 0.29) is 0 Å². The van der Waals surface area contributed by atoms with Crippen LogP contribution < -0.4 is 0 Å². The van der Waals surface area contributed by atoms with E-state index < -0.39 is 0 Å². The van der Waals surface area contributed by atoms with Crippen LogP contribution in [0.5, 0.6) is 0 Å². The SMILES string of the molecule is c1ccc(-c2ccccc2)cc1.c1cnc2c(c1)ccc1cccnc12. The molecule has 0 bridgehead atoms. The van der Waals surface area contributed by atoms with Crippen LogP contribution >= 0.6 is 0 Å². The van der Waals surface area contributed by atoms with Crippen molar-refractivity contribution in [3.05, 3.63) is 109 Å². The summed E-state index contributed by atoms with van der Waals surface area (Å²) in [4.78, 5) is 8.69. The van der Waals surface area contributed by atoms with E-state index in [4.69, 9.17) is 0 Å². The zero-order valence-electron chi connectivity index (χ0n) is 14.3. The van der Waals surface area contributed by atoms with Gasteiger partial charge >= 0.3 is 0 Å². The topological polar surface area (TPSA) is 25.8 Å². The molecule has 0 aliphatic heterocycles. The van der Waals surface area contributed by atoms with Crippen molar-refractivity contribution in [2.75, 3.05) is 0 Å². The molecule has 0 unspecified atom stereocenters. The predicted molar refractivity (Wildman–Crippen MR) is 109 cm³/mol. The van der Waals surface area contributed by atoms with Crippen molar-refractivity contribution < 1.29 is 0 Å². The number of fused-ring (bicyclic) bond motifs is 3. The Hall–Kier alpha value is -3.52. The number of nitrogens with zero attached hydrogens (tertiary/aromatic N) is 2. The second-order valence-electron chi connectivity index (χ2n) is 5.95. The normalized spacial score (nSPS) is 10.3. The molecule has 124 valence electrons. The van der Waals surface area contributed by atoms with Gasteiger partial charge in [0.05, 0.1) is 11.0 Å². The molecule has 2 nitrogen and oxygen atoms in total. The van der Waals surface area contributed by atoms with Crippen molar-refractivity contribution in [3.63, 3.8) is 0 Å². The molecule has 0 fully saturated rings. The van der Waals surface area contributed by atoms with Crippen LogP contribution in [-0.4, -0.2) is 9.97 Å². The average molecular weight is 334 g/mol. The summed E-state index contributed by atoms with van der Waals surface area (Å²) in [5.41, 5.74) is 4.51. The van der Waals surface area contributed by atoms with Gasteiger partial charge in [0.15, 0.2) is 0 Å². The molecule has 2 heterocycles. The molecule has 2 heteroatoms. The highest BCUT2D eigenvalue weighted by atomic mass is 14.7. The third-order valence-electron chi connectivity index (χ3n) is 4.23. The fourth-order valence-electron chi connectivity index (χ4n) is 2.94. The Kier molecular flexibility index (Phi) is 4.66. The number of rotatable bonds is 1. The van der Waals surface area contributed by atoms with Gasteiger partial charge in [-0.2, -0.15) is 0 Å². The van der Waals surface area contributed by atoms with E-state index in [1.54, 1.807) is 12.4 Å². The Bertz CT molecular complexity index is 1030. The van der Waals surface area contributed by atoms with Crippen LogP contribution in [0.2, 0.25) is 0 Å². The first kappa shape index (κ1) is 16.0. The molecule has 0 spiro atoms. The molecule has 0 saturated heterocycles. The van der Waals surface area contributed by atoms with Crippen molar-refractivity contribution >= 4 is 21.8 Å². The third kappa shape index (κ3) is 3.45. The lowest BCUT2D eigenvalue weighted by atomic mass is 10.1. The van der Waals surface area contributed by atoms with Crippen molar-refractivity contribution in [3.8, 4) is 11.1 Å². The smallest absolute Gasteiger partial charge is 0.0964 e. The lowest BCUT2D eigenvalue weighted by Crippen LogP contribution is -1.83. The maximum atomic E-state index is 4.35. The molecule has 0 aliphatic rings. The molecule has 0 N–H and O–H groups in total. The summed E-state index contributed by atoms with van der Waals surface area (Å²) in [6.45, 7) is 0. The summed E-state index contributed by atoms with van der Waals surface area (Å²) in [6, 6.07) is 32.9. The molecule has 0 aliphatic carbocycles. The van der Waals surface area contributed by atoms with Crippen LogP contribution in [0.4, 0.5) is 0 Å². The van der Waals surface area contributed by atoms with Crippen LogP contribution in [0, 0.1) is 0 Å². The molecule has 26 heavy (non-hydrogen) atoms. The molecule has 5 aromatic rings. The first-order valence-electron chi connectivity index (χ1n) is 8.61. The average Bonchev–Trinajstić information content (AvgIpc) is 2.75. The molecule has 0 radical (unpaired) electrons. The van der Waals surface area contributed by atoms with E-state index in [0.29, 0.717) is 0 Å². The fourth-order valence-corrected chi connectivity index (χ4v) is 2.94. The minimum Gasteiger partial charge on any atom is -0.254 e. The second-order valence-corrected chi connectivity index (χ2v) is 5.95. The Morgan fingerprint density at radius 2 is 0.808 bits per heavy atom. The first-order chi connectivity index (χ1) is 12.9. The standard InChI is InChI=1S/C12H8N2.C12H10/c1-3-9-5-6-10-4-2-8-14-12(10)11(9)13-7-1;1-3-7-11(8-4-1)12-9-5-2-6-10-12/h1-8H;1-10H. The van der Waals surface area contributed by atoms with E-state index >= 15 is 0 Å². The van der Waals surface area contributed by atoms with Gasteiger partial charge in [0.25, 0.3) is 0 Å². The second kappa shape index (κ2) is 7.58. The molecule has 5 rings (SSSR count). The van der Waals surface area contributed by atoms with Crippen molar-refractivity contribution in [2.45, 2.75) is 0 Å². The van der Waals surface area contributed by atoms with Gasteiger partial charge in [-0.15, -0.1) is 0 Å². The van der Waals surface area contributed by atoms with Gasteiger partial charge < -0.3 is 0 Å². The first-order valence-corrected chi connectivity index (χ1v) is 8.61. The van der Waals surface area contributed by atoms with E-state index in [0.717, 1.165) is 21.8 Å². The van der Waals surface area contributed by atoms with Gasteiger partial charge in [0.2, 0.25) is 0 Å². The largest absolute Gasteiger partial charge is 0.254 e. The molecule has 3 aromatic carbocycles. The molecule has 0 amide bonds. The van der Waals surface area contributed by atoms with Crippen molar-refractivity contribution in [2.24, 2.45) is 0 Å². The quantitative estimate of drug-likeness (QED) is 0.344. The maximum absolute atomic E-state index is 4.35. The highest BCUT2D eigenvalue weighted by molar-refractivity contribution is 6.02. The summed E-state index contributed by atoms with van der Waals surface area (Å²) in [7, 11) is 0. The van der Waals surface area contributed by atoms with E-state index in [1.807, 2.05) is 24.3 Å². The van der Waals surface area contributed by atoms with Crippen LogP contribution in [0.1, 0.15) is 0 Å². The Morgan fingerprint density at radius 3 is 1.23 bits per heavy atom. The van der Waals surface area contributed by atoms with Crippen LogP contribution in [-0.2, 0) is 0 Å². The third-order valence-corrected chi connectivity index (χ3v) is 4.23. The Balaban J connectivity index is 0.000000131. The molecular formula is C24H18N2. The van der Waals surface area contributed by atoms with Gasteiger partial charge in [-0.3, -0.25) is 9.97 Å². The summed E-state index contributed by atoms with van der Waals surface area (Å²) in [5, 5.41) is 2.28. The maximum Gasteiger partial charge on any atom is 0.0964 e. The van der Waals surface area contributed by atoms with Crippen molar-refractivity contribution in [1.82, 2.24) is 9.97 Å². The zero-order valence-corrected chi connectivity index (χ0v) is 14.3. The monoisotopic (exact) mass is 334 g/mol. The number of benzene rings is 3. The van der Waals surface area contributed by atoms with Gasteiger partial charge in [-0.1, -0.05) is 84.9 Å². The van der Waals surface area contributed by atoms with E-state index in [9.17, 15) is 0 Å². The summed E-state index contributed by atoms with van der Waals surface area (Å²) < 4.78 is 0. The van der Waals surface area contributed by atoms with Crippen LogP contribution in [0.25, 0.3) is 32.9 Å². The van der Waals surface area contributed by atoms with Gasteiger partial charge in [0, 0.05) is 23.2 Å². The van der Waals surface area contributed by atoms with Crippen LogP contribution in [0.3, 0.4) is 0 Å². The number of hydrogen-bond acceptors (Lipinski definition) is 2. The lowest BCUT2D eigenvalue weighted by Gasteiger charge is -2.00. The number of hydrogen-bond donors (Lipinski definition) is 0. The minimum absolute atomic E-state index is 0.977. The lowest BCUT2D eigenvalue weighted by molar-refractivity contribution is 1.37. The van der Waals surface area contributed by atoms with E-state index in [1.165, 1.54) is 11.1 Å². The molecular weight excluding hydrogens is 316 g/mol. The Morgan fingerprint density at radius 1 is 0.385 bits per heavy atom. The fraction of sp³-hybridized carbons (Fsp3) is 0. The summed E-state index contributed by atoms with van der Waals surface area (Å²) in [5.74, 6) is 0. The summed E-state index contributed by atoms with van der Waals surface area (Å²) >= 11 is 0. The minimum atomic E-state index is 0.977. The highest BCUT2D eigenvalue weighted by Crippen LogP contribution is 2.20. The Labute approximate surface area is 152 Å². The van der Waals surface area contributed by atoms with Gasteiger partial charge in [0.1, 0.15) is 0 Å². The molecule has 0 saturated carbocycles. The van der Waals surface area contributed by atoms with Crippen LogP contribution in [0.15, 0.2) is 109 Å². The van der Waals surface area contributed by atoms with Gasteiger partial charge in [-0.25, -0.2) is 0 Å². The van der Waals surface area contributed by atoms with E-state index in [2.05, 4.69) is 82.8 Å². The predicted octanol–water partition coefficient (Wildman–Crippen LogP) is 6.14. The highest BCUT2D eigenvalue weighted by Gasteiger charge is 2.00. The zero-order chi connectivity index (χ0) is 17.6. The van der Waals surface area contributed by atoms with Crippen molar-refractivity contribution in [1.29, 1.82) is 0 Å². The number of pyridine rings is 2. The summed E-state index contributed by atoms with van der Waals surface area (Å²) in [6.07, 6.45) is 3.60. The van der Waals surface area contributed by atoms with Gasteiger partial charge in [-0.05, 0) is 23.3 Å².